The maximum atomic E-state index is 12.7. The summed E-state index contributed by atoms with van der Waals surface area (Å²) in [5.41, 5.74) is 4.02. The van der Waals surface area contributed by atoms with Gasteiger partial charge in [-0.25, -0.2) is 9.78 Å². The first-order valence-electron chi connectivity index (χ1n) is 11.8. The van der Waals surface area contributed by atoms with Gasteiger partial charge in [-0.2, -0.15) is 4.37 Å². The maximum absolute atomic E-state index is 12.7. The number of amides is 2. The van der Waals surface area contributed by atoms with Crippen LogP contribution in [0.4, 0.5) is 16.2 Å². The molecule has 0 unspecified atom stereocenters. The van der Waals surface area contributed by atoms with E-state index in [9.17, 15) is 9.59 Å². The van der Waals surface area contributed by atoms with Crippen molar-refractivity contribution in [3.63, 3.8) is 0 Å². The summed E-state index contributed by atoms with van der Waals surface area (Å²) in [6.07, 6.45) is 4.17. The van der Waals surface area contributed by atoms with Crippen LogP contribution >= 0.6 is 23.1 Å². The van der Waals surface area contributed by atoms with E-state index >= 15 is 0 Å². The van der Waals surface area contributed by atoms with Crippen LogP contribution in [0.25, 0.3) is 10.6 Å². The smallest absolute Gasteiger partial charge is 0.412 e. The molecule has 1 aromatic carbocycles. The Kier molecular flexibility index (Phi) is 8.03. The van der Waals surface area contributed by atoms with Gasteiger partial charge in [0.2, 0.25) is 5.91 Å². The molecule has 1 aliphatic carbocycles. The van der Waals surface area contributed by atoms with Crippen molar-refractivity contribution in [2.75, 3.05) is 10.6 Å². The molecule has 0 saturated heterocycles. The predicted molar refractivity (Wildman–Crippen MR) is 140 cm³/mol. The van der Waals surface area contributed by atoms with E-state index in [0.717, 1.165) is 36.1 Å². The number of nitrogens with zero attached hydrogens (tertiary/aromatic N) is 2. The zero-order valence-corrected chi connectivity index (χ0v) is 21.6. The molecule has 1 aliphatic rings. The lowest BCUT2D eigenvalue weighted by molar-refractivity contribution is -0.120. The largest absolute Gasteiger partial charge is 0.441 e. The number of ether oxygens (including phenoxy) is 1. The van der Waals surface area contributed by atoms with Crippen LogP contribution in [0, 0.1) is 19.8 Å². The zero-order chi connectivity index (χ0) is 24.9. The molecule has 2 amide bonds. The highest BCUT2D eigenvalue weighted by Gasteiger charge is 2.23. The molecule has 184 valence electrons. The SMILES string of the molecule is Cc1nc(-c2snc(C)c2NC(=O)O[C@@H](C)c2ccccc2Cl)ccc1NC(=O)C1CCCCC1. The number of hydrogen-bond acceptors (Lipinski definition) is 6. The number of carbonyl (C=O) groups excluding carboxylic acids is 2. The van der Waals surface area contributed by atoms with E-state index in [1.54, 1.807) is 13.0 Å². The highest BCUT2D eigenvalue weighted by molar-refractivity contribution is 7.10. The minimum absolute atomic E-state index is 0.0636. The van der Waals surface area contributed by atoms with Gasteiger partial charge in [-0.1, -0.05) is 49.1 Å². The van der Waals surface area contributed by atoms with Gasteiger partial charge in [0, 0.05) is 16.5 Å². The monoisotopic (exact) mass is 512 g/mol. The average molecular weight is 513 g/mol. The molecule has 4 rings (SSSR count). The molecule has 1 atom stereocenters. The Morgan fingerprint density at radius 2 is 1.80 bits per heavy atom. The molecule has 1 saturated carbocycles. The van der Waals surface area contributed by atoms with Gasteiger partial charge in [-0.15, -0.1) is 0 Å². The third-order valence-corrected chi connectivity index (χ3v) is 7.57. The number of benzene rings is 1. The molecular formula is C26H29ClN4O3S. The van der Waals surface area contributed by atoms with Crippen molar-refractivity contribution in [2.45, 2.75) is 59.0 Å². The van der Waals surface area contributed by atoms with Crippen LogP contribution in [0.15, 0.2) is 36.4 Å². The summed E-state index contributed by atoms with van der Waals surface area (Å²) in [4.78, 5) is 30.7. The van der Waals surface area contributed by atoms with E-state index < -0.39 is 12.2 Å². The van der Waals surface area contributed by atoms with Gasteiger partial charge in [0.1, 0.15) is 6.10 Å². The van der Waals surface area contributed by atoms with Crippen molar-refractivity contribution in [3.05, 3.63) is 58.4 Å². The van der Waals surface area contributed by atoms with Crippen LogP contribution in [0.1, 0.15) is 62.1 Å². The lowest BCUT2D eigenvalue weighted by atomic mass is 9.88. The Morgan fingerprint density at radius 3 is 2.51 bits per heavy atom. The first kappa shape index (κ1) is 25.1. The molecule has 2 aromatic heterocycles. The molecule has 0 aliphatic heterocycles. The van der Waals surface area contributed by atoms with Crippen LogP contribution in [0.3, 0.4) is 0 Å². The van der Waals surface area contributed by atoms with Crippen molar-refractivity contribution in [1.29, 1.82) is 0 Å². The van der Waals surface area contributed by atoms with E-state index in [-0.39, 0.29) is 11.8 Å². The normalized spacial score (nSPS) is 14.9. The Morgan fingerprint density at radius 1 is 1.06 bits per heavy atom. The molecule has 0 bridgehead atoms. The molecule has 35 heavy (non-hydrogen) atoms. The number of aromatic nitrogens is 2. The summed E-state index contributed by atoms with van der Waals surface area (Å²) < 4.78 is 9.95. The summed E-state index contributed by atoms with van der Waals surface area (Å²) in [5.74, 6) is 0.135. The minimum Gasteiger partial charge on any atom is -0.441 e. The van der Waals surface area contributed by atoms with Crippen molar-refractivity contribution in [2.24, 2.45) is 5.92 Å². The lowest BCUT2D eigenvalue weighted by Crippen LogP contribution is -2.25. The predicted octanol–water partition coefficient (Wildman–Crippen LogP) is 7.30. The summed E-state index contributed by atoms with van der Waals surface area (Å²) in [5, 5.41) is 6.40. The third-order valence-electron chi connectivity index (χ3n) is 6.27. The molecule has 2 N–H and O–H groups in total. The van der Waals surface area contributed by atoms with E-state index in [1.807, 2.05) is 44.2 Å². The van der Waals surface area contributed by atoms with Crippen molar-refractivity contribution >= 4 is 46.5 Å². The van der Waals surface area contributed by atoms with Crippen LogP contribution in [0.5, 0.6) is 0 Å². The number of aryl methyl sites for hydroxylation is 2. The quantitative estimate of drug-likeness (QED) is 0.361. The van der Waals surface area contributed by atoms with E-state index in [0.29, 0.717) is 33.5 Å². The molecule has 0 spiro atoms. The highest BCUT2D eigenvalue weighted by atomic mass is 35.5. The lowest BCUT2D eigenvalue weighted by Gasteiger charge is -2.21. The van der Waals surface area contributed by atoms with Gasteiger partial charge in [0.15, 0.2) is 0 Å². The number of halogens is 1. The fraction of sp³-hybridized carbons (Fsp3) is 0.385. The number of pyridine rings is 1. The number of nitrogens with one attached hydrogen (secondary N) is 2. The third kappa shape index (κ3) is 6.00. The Balaban J connectivity index is 1.46. The van der Waals surface area contributed by atoms with E-state index in [2.05, 4.69) is 20.0 Å². The summed E-state index contributed by atoms with van der Waals surface area (Å²) in [7, 11) is 0. The fourth-order valence-corrected chi connectivity index (χ4v) is 5.38. The van der Waals surface area contributed by atoms with Gasteiger partial charge >= 0.3 is 6.09 Å². The second-order valence-electron chi connectivity index (χ2n) is 8.82. The van der Waals surface area contributed by atoms with Gasteiger partial charge < -0.3 is 10.1 Å². The molecule has 1 fully saturated rings. The van der Waals surface area contributed by atoms with Gasteiger partial charge in [-0.05, 0) is 63.3 Å². The summed E-state index contributed by atoms with van der Waals surface area (Å²) >= 11 is 7.47. The Hall–Kier alpha value is -2.97. The first-order chi connectivity index (χ1) is 16.8. The molecule has 7 nitrogen and oxygen atoms in total. The Bertz CT molecular complexity index is 1220. The zero-order valence-electron chi connectivity index (χ0n) is 20.1. The second-order valence-corrected chi connectivity index (χ2v) is 10.0. The van der Waals surface area contributed by atoms with E-state index in [1.165, 1.54) is 18.0 Å². The number of hydrogen-bond donors (Lipinski definition) is 2. The summed E-state index contributed by atoms with van der Waals surface area (Å²) in [6, 6.07) is 10.9. The van der Waals surface area contributed by atoms with Crippen molar-refractivity contribution in [1.82, 2.24) is 9.36 Å². The first-order valence-corrected chi connectivity index (χ1v) is 13.0. The van der Waals surface area contributed by atoms with Crippen LogP contribution in [-0.4, -0.2) is 21.4 Å². The minimum atomic E-state index is -0.602. The number of anilines is 2. The fourth-order valence-electron chi connectivity index (χ4n) is 4.27. The molecule has 0 radical (unpaired) electrons. The van der Waals surface area contributed by atoms with Gasteiger partial charge in [0.25, 0.3) is 0 Å². The molecule has 9 heteroatoms. The standard InChI is InChI=1S/C26H29ClN4O3S/c1-15-21(29-25(32)18-9-5-4-6-10-18)13-14-22(28-15)24-23(16(2)31-35-24)30-26(33)34-17(3)19-11-7-8-12-20(19)27/h7-8,11-14,17-18H,4-6,9-10H2,1-3H3,(H,29,32)(H,30,33)/t17-/m0/s1. The molecule has 3 aromatic rings. The van der Waals surface area contributed by atoms with Crippen LogP contribution in [0.2, 0.25) is 5.02 Å². The molecule has 2 heterocycles. The summed E-state index contributed by atoms with van der Waals surface area (Å²) in [6.45, 7) is 5.45. The van der Waals surface area contributed by atoms with Crippen molar-refractivity contribution < 1.29 is 14.3 Å². The second kappa shape index (κ2) is 11.2. The topological polar surface area (TPSA) is 93.2 Å². The van der Waals surface area contributed by atoms with Gasteiger partial charge in [-0.3, -0.25) is 10.1 Å². The van der Waals surface area contributed by atoms with Crippen LogP contribution in [-0.2, 0) is 9.53 Å². The van der Waals surface area contributed by atoms with Crippen molar-refractivity contribution in [3.8, 4) is 10.6 Å². The Labute approximate surface area is 214 Å². The van der Waals surface area contributed by atoms with Gasteiger partial charge in [0.05, 0.1) is 33.3 Å². The van der Waals surface area contributed by atoms with E-state index in [4.69, 9.17) is 16.3 Å². The number of carbonyl (C=O) groups is 2. The number of rotatable bonds is 6. The average Bonchev–Trinajstić information content (AvgIpc) is 3.20. The maximum Gasteiger partial charge on any atom is 0.412 e. The highest BCUT2D eigenvalue weighted by Crippen LogP contribution is 2.35. The molecular weight excluding hydrogens is 484 g/mol. The van der Waals surface area contributed by atoms with Crippen LogP contribution < -0.4 is 10.6 Å².